The lowest BCUT2D eigenvalue weighted by molar-refractivity contribution is -0.135. The third-order valence-electron chi connectivity index (χ3n) is 3.51. The molecule has 1 N–H and O–H groups in total. The molecule has 0 aliphatic carbocycles. The minimum absolute atomic E-state index is 0.0575. The van der Waals surface area contributed by atoms with Crippen LogP contribution in [0.2, 0.25) is 0 Å². The number of esters is 1. The maximum absolute atomic E-state index is 12.1. The average molecular weight is 333 g/mol. The van der Waals surface area contributed by atoms with Gasteiger partial charge in [0, 0.05) is 12.8 Å². The van der Waals surface area contributed by atoms with Gasteiger partial charge in [0.1, 0.15) is 0 Å². The lowest BCUT2D eigenvalue weighted by Crippen LogP contribution is -2.18. The van der Waals surface area contributed by atoms with Gasteiger partial charge >= 0.3 is 5.97 Å². The van der Waals surface area contributed by atoms with Crippen LogP contribution < -0.4 is 10.1 Å². The highest BCUT2D eigenvalue weighted by atomic mass is 16.5. The molecule has 0 aromatic heterocycles. The number of amides is 1. The Hall–Kier alpha value is -1.84. The van der Waals surface area contributed by atoms with E-state index in [9.17, 15) is 9.59 Å². The van der Waals surface area contributed by atoms with Gasteiger partial charge in [0.15, 0.2) is 5.75 Å². The van der Waals surface area contributed by atoms with E-state index >= 15 is 0 Å². The lowest BCUT2D eigenvalue weighted by Gasteiger charge is -2.21. The van der Waals surface area contributed by atoms with Crippen molar-refractivity contribution in [3.63, 3.8) is 0 Å². The first-order valence-corrected chi connectivity index (χ1v) is 8.64. The highest BCUT2D eigenvalue weighted by Gasteiger charge is 2.19. The van der Waals surface area contributed by atoms with Crippen LogP contribution in [0.1, 0.15) is 66.9 Å². The van der Waals surface area contributed by atoms with Crippen LogP contribution in [0.15, 0.2) is 18.2 Å². The molecule has 0 bridgehead atoms. The number of carbonyl (C=O) groups is 2. The number of nitrogens with one attached hydrogen (secondary N) is 1. The van der Waals surface area contributed by atoms with Crippen LogP contribution in [0, 0.1) is 11.8 Å². The van der Waals surface area contributed by atoms with Gasteiger partial charge < -0.3 is 10.1 Å². The van der Waals surface area contributed by atoms with Crippen LogP contribution in [0.25, 0.3) is 0 Å². The van der Waals surface area contributed by atoms with Crippen LogP contribution >= 0.6 is 0 Å². The molecule has 0 heterocycles. The summed E-state index contributed by atoms with van der Waals surface area (Å²) in [7, 11) is 0. The molecule has 1 rings (SSSR count). The summed E-state index contributed by atoms with van der Waals surface area (Å²) in [6.07, 6.45) is 0.777. The minimum atomic E-state index is -0.284. The molecular weight excluding hydrogens is 302 g/mol. The highest BCUT2D eigenvalue weighted by molar-refractivity contribution is 5.93. The Labute approximate surface area is 146 Å². The van der Waals surface area contributed by atoms with E-state index in [2.05, 4.69) is 26.1 Å². The molecule has 1 amide bonds. The quantitative estimate of drug-likeness (QED) is 0.594. The van der Waals surface area contributed by atoms with Crippen molar-refractivity contribution in [2.75, 3.05) is 5.32 Å². The van der Waals surface area contributed by atoms with Crippen LogP contribution in [0.4, 0.5) is 5.69 Å². The molecule has 0 aliphatic rings. The lowest BCUT2D eigenvalue weighted by atomic mass is 9.87. The van der Waals surface area contributed by atoms with Crippen LogP contribution in [-0.4, -0.2) is 11.9 Å². The summed E-state index contributed by atoms with van der Waals surface area (Å²) in [4.78, 5) is 24.1. The van der Waals surface area contributed by atoms with Gasteiger partial charge in [0.25, 0.3) is 0 Å². The maximum Gasteiger partial charge on any atom is 0.311 e. The number of carbonyl (C=O) groups excluding carboxylic acids is 2. The number of rotatable bonds is 6. The maximum atomic E-state index is 12.1. The van der Waals surface area contributed by atoms with Gasteiger partial charge in [-0.15, -0.1) is 0 Å². The number of hydrogen-bond acceptors (Lipinski definition) is 3. The SMILES string of the molecule is CC(C)CC(=O)Nc1cc(C(C)(C)C)ccc1OC(=O)CC(C)C. The van der Waals surface area contributed by atoms with Crippen molar-refractivity contribution in [3.05, 3.63) is 23.8 Å². The fraction of sp³-hybridized carbons (Fsp3) is 0.600. The molecule has 1 aromatic rings. The van der Waals surface area contributed by atoms with Crippen LogP contribution in [0.5, 0.6) is 5.75 Å². The zero-order valence-electron chi connectivity index (χ0n) is 16.0. The molecule has 0 spiro atoms. The smallest absolute Gasteiger partial charge is 0.311 e. The first-order chi connectivity index (χ1) is 11.0. The van der Waals surface area contributed by atoms with E-state index in [0.717, 1.165) is 5.56 Å². The molecule has 0 radical (unpaired) electrons. The van der Waals surface area contributed by atoms with E-state index in [1.54, 1.807) is 6.07 Å². The van der Waals surface area contributed by atoms with Crippen LogP contribution in [-0.2, 0) is 15.0 Å². The van der Waals surface area contributed by atoms with Crippen LogP contribution in [0.3, 0.4) is 0 Å². The molecule has 0 saturated heterocycles. The molecule has 0 unspecified atom stereocenters. The normalized spacial score (nSPS) is 11.7. The largest absolute Gasteiger partial charge is 0.424 e. The molecule has 24 heavy (non-hydrogen) atoms. The molecule has 4 heteroatoms. The zero-order chi connectivity index (χ0) is 18.5. The van der Waals surface area contributed by atoms with Gasteiger partial charge in [-0.2, -0.15) is 0 Å². The monoisotopic (exact) mass is 333 g/mol. The van der Waals surface area contributed by atoms with Crippen molar-refractivity contribution < 1.29 is 14.3 Å². The van der Waals surface area contributed by atoms with Gasteiger partial charge in [0.2, 0.25) is 5.91 Å². The van der Waals surface area contributed by atoms with Gasteiger partial charge in [0.05, 0.1) is 5.69 Å². The van der Waals surface area contributed by atoms with E-state index < -0.39 is 0 Å². The molecule has 0 atom stereocenters. The predicted molar refractivity (Wildman–Crippen MR) is 98.3 cm³/mol. The zero-order valence-corrected chi connectivity index (χ0v) is 16.0. The summed E-state index contributed by atoms with van der Waals surface area (Å²) in [6, 6.07) is 5.61. The summed E-state index contributed by atoms with van der Waals surface area (Å²) in [5.74, 6) is 0.545. The van der Waals surface area contributed by atoms with E-state index in [4.69, 9.17) is 4.74 Å². The van der Waals surface area contributed by atoms with Gasteiger partial charge in [-0.1, -0.05) is 54.5 Å². The first kappa shape index (κ1) is 20.2. The topological polar surface area (TPSA) is 55.4 Å². The summed E-state index contributed by atoms with van der Waals surface area (Å²) in [6.45, 7) is 14.2. The number of anilines is 1. The number of hydrogen-bond donors (Lipinski definition) is 1. The second kappa shape index (κ2) is 8.32. The average Bonchev–Trinajstić information content (AvgIpc) is 2.37. The number of benzene rings is 1. The van der Waals surface area contributed by atoms with E-state index in [1.807, 2.05) is 39.8 Å². The molecule has 0 saturated carbocycles. The standard InChI is InChI=1S/C20H31NO3/c1-13(2)10-18(22)21-16-12-15(20(5,6)7)8-9-17(16)24-19(23)11-14(3)4/h8-9,12-14H,10-11H2,1-7H3,(H,21,22). The Bertz CT molecular complexity index is 583. The highest BCUT2D eigenvalue weighted by Crippen LogP contribution is 2.32. The molecule has 4 nitrogen and oxygen atoms in total. The van der Waals surface area contributed by atoms with Gasteiger partial charge in [-0.25, -0.2) is 0 Å². The summed E-state index contributed by atoms with van der Waals surface area (Å²) in [5, 5.41) is 2.90. The second-order valence-electron chi connectivity index (χ2n) is 8.18. The van der Waals surface area contributed by atoms with Crippen molar-refractivity contribution in [1.29, 1.82) is 0 Å². The second-order valence-corrected chi connectivity index (χ2v) is 8.18. The Morgan fingerprint density at radius 3 is 2.12 bits per heavy atom. The van der Waals surface area contributed by atoms with Crippen molar-refractivity contribution in [2.24, 2.45) is 11.8 Å². The number of ether oxygens (including phenoxy) is 1. The summed E-state index contributed by atoms with van der Waals surface area (Å²) < 4.78 is 5.48. The predicted octanol–water partition coefficient (Wildman–Crippen LogP) is 4.92. The fourth-order valence-electron chi connectivity index (χ4n) is 2.25. The Morgan fingerprint density at radius 2 is 1.62 bits per heavy atom. The third-order valence-corrected chi connectivity index (χ3v) is 3.51. The Morgan fingerprint density at radius 1 is 1.04 bits per heavy atom. The fourth-order valence-corrected chi connectivity index (χ4v) is 2.25. The molecular formula is C20H31NO3. The third kappa shape index (κ3) is 6.73. The van der Waals surface area contributed by atoms with E-state index in [1.165, 1.54) is 0 Å². The Balaban J connectivity index is 3.08. The van der Waals surface area contributed by atoms with E-state index in [-0.39, 0.29) is 29.1 Å². The molecule has 0 aliphatic heterocycles. The van der Waals surface area contributed by atoms with Crippen molar-refractivity contribution in [3.8, 4) is 5.75 Å². The van der Waals surface area contributed by atoms with Crippen molar-refractivity contribution in [1.82, 2.24) is 0 Å². The van der Waals surface area contributed by atoms with E-state index in [0.29, 0.717) is 24.3 Å². The molecule has 1 aromatic carbocycles. The van der Waals surface area contributed by atoms with Crippen molar-refractivity contribution in [2.45, 2.75) is 66.7 Å². The summed E-state index contributed by atoms with van der Waals surface area (Å²) in [5.41, 5.74) is 1.58. The Kier molecular flexibility index (Phi) is 7.00. The molecule has 134 valence electrons. The van der Waals surface area contributed by atoms with Gasteiger partial charge in [-0.05, 0) is 34.9 Å². The minimum Gasteiger partial charge on any atom is -0.424 e. The van der Waals surface area contributed by atoms with Crippen molar-refractivity contribution >= 4 is 17.6 Å². The van der Waals surface area contributed by atoms with Gasteiger partial charge in [-0.3, -0.25) is 9.59 Å². The summed E-state index contributed by atoms with van der Waals surface area (Å²) >= 11 is 0. The molecule has 0 fully saturated rings. The first-order valence-electron chi connectivity index (χ1n) is 8.64.